The first-order valence-electron chi connectivity index (χ1n) is 9.63. The molecule has 0 aliphatic heterocycles. The van der Waals surface area contributed by atoms with E-state index in [0.29, 0.717) is 17.9 Å². The summed E-state index contributed by atoms with van der Waals surface area (Å²) in [7, 11) is 1.58. The van der Waals surface area contributed by atoms with Crippen LogP contribution in [0.1, 0.15) is 28.5 Å². The summed E-state index contributed by atoms with van der Waals surface area (Å²) in [5.74, 6) is 0.349. The minimum atomic E-state index is -0.395. The highest BCUT2D eigenvalue weighted by Gasteiger charge is 2.19. The molecule has 0 bridgehead atoms. The number of ether oxygens (including phenoxy) is 1. The Labute approximate surface area is 173 Å². The van der Waals surface area contributed by atoms with Crippen LogP contribution in [0.25, 0.3) is 21.9 Å². The zero-order valence-electron chi connectivity index (χ0n) is 16.5. The average molecular weight is 402 g/mol. The monoisotopic (exact) mass is 402 g/mol. The maximum Gasteiger partial charge on any atom is 0.270 e. The highest BCUT2D eigenvalue weighted by atomic mass is 16.5. The maximum atomic E-state index is 12.9. The van der Waals surface area contributed by atoms with Gasteiger partial charge in [-0.3, -0.25) is 14.9 Å². The van der Waals surface area contributed by atoms with Crippen LogP contribution in [0.2, 0.25) is 0 Å². The van der Waals surface area contributed by atoms with Crippen molar-refractivity contribution in [1.29, 1.82) is 0 Å². The Morgan fingerprint density at radius 2 is 2.00 bits per heavy atom. The summed E-state index contributed by atoms with van der Waals surface area (Å²) < 4.78 is 5.41. The van der Waals surface area contributed by atoms with Crippen LogP contribution >= 0.6 is 0 Å². The van der Waals surface area contributed by atoms with Gasteiger partial charge in [-0.15, -0.1) is 0 Å². The number of H-pyrrole nitrogens is 1. The van der Waals surface area contributed by atoms with Crippen molar-refractivity contribution in [3.05, 3.63) is 78.4 Å². The van der Waals surface area contributed by atoms with Crippen LogP contribution in [0.3, 0.4) is 0 Å². The van der Waals surface area contributed by atoms with Gasteiger partial charge in [-0.25, -0.2) is 0 Å². The van der Waals surface area contributed by atoms with Crippen molar-refractivity contribution in [2.24, 2.45) is 0 Å². The van der Waals surface area contributed by atoms with Gasteiger partial charge in [-0.1, -0.05) is 30.3 Å². The molecular weight excluding hydrogens is 380 g/mol. The smallest absolute Gasteiger partial charge is 0.270 e. The van der Waals surface area contributed by atoms with Crippen molar-refractivity contribution in [1.82, 2.24) is 20.5 Å². The first kappa shape index (κ1) is 19.6. The number of aromatic nitrogens is 3. The van der Waals surface area contributed by atoms with Gasteiger partial charge in [0.25, 0.3) is 5.91 Å². The summed E-state index contributed by atoms with van der Waals surface area (Å²) in [4.78, 5) is 17.3. The van der Waals surface area contributed by atoms with Crippen LogP contribution in [0.5, 0.6) is 5.75 Å². The summed E-state index contributed by atoms with van der Waals surface area (Å²) in [5.41, 5.74) is 3.09. The summed E-state index contributed by atoms with van der Waals surface area (Å²) in [6.45, 7) is -0.0673. The van der Waals surface area contributed by atoms with Crippen molar-refractivity contribution in [2.75, 3.05) is 13.7 Å². The van der Waals surface area contributed by atoms with E-state index in [0.717, 1.165) is 27.5 Å². The summed E-state index contributed by atoms with van der Waals surface area (Å²) in [6, 6.07) is 14.8. The molecule has 0 saturated heterocycles. The number of fused-ring (bicyclic) bond motifs is 1. The lowest BCUT2D eigenvalue weighted by Crippen LogP contribution is -2.30. The number of methoxy groups -OCH3 is 1. The van der Waals surface area contributed by atoms with E-state index in [1.165, 1.54) is 0 Å². The molecule has 4 aromatic rings. The summed E-state index contributed by atoms with van der Waals surface area (Å²) in [5, 5.41) is 21.1. The number of carbonyl (C=O) groups excluding carboxylic acids is 1. The lowest BCUT2D eigenvalue weighted by Gasteiger charge is -2.20. The fraction of sp³-hybridized carbons (Fsp3) is 0.174. The molecule has 7 nitrogen and oxygen atoms in total. The van der Waals surface area contributed by atoms with Crippen LogP contribution in [-0.2, 0) is 0 Å². The Balaban J connectivity index is 1.62. The van der Waals surface area contributed by atoms with Crippen molar-refractivity contribution in [2.45, 2.75) is 12.5 Å². The molecular formula is C23H22N4O3. The number of nitrogens with one attached hydrogen (secondary N) is 2. The van der Waals surface area contributed by atoms with Crippen molar-refractivity contribution in [3.8, 4) is 16.9 Å². The van der Waals surface area contributed by atoms with Crippen LogP contribution in [0.15, 0.2) is 67.1 Å². The van der Waals surface area contributed by atoms with Crippen LogP contribution in [-0.4, -0.2) is 39.9 Å². The molecule has 7 heteroatoms. The van der Waals surface area contributed by atoms with E-state index >= 15 is 0 Å². The molecule has 0 aliphatic rings. The molecule has 3 N–H and O–H groups in total. The van der Waals surface area contributed by atoms with Gasteiger partial charge in [0.2, 0.25) is 0 Å². The second-order valence-electron chi connectivity index (χ2n) is 6.90. The lowest BCUT2D eigenvalue weighted by molar-refractivity contribution is 0.0924. The highest BCUT2D eigenvalue weighted by Crippen LogP contribution is 2.28. The van der Waals surface area contributed by atoms with E-state index in [-0.39, 0.29) is 12.5 Å². The van der Waals surface area contributed by atoms with Crippen molar-refractivity contribution in [3.63, 3.8) is 0 Å². The van der Waals surface area contributed by atoms with Crippen molar-refractivity contribution < 1.29 is 14.6 Å². The third-order valence-electron chi connectivity index (χ3n) is 5.02. The standard InChI is InChI=1S/C23H22N4O3/c1-30-22-5-3-2-4-19(22)20(8-9-28)27-23(29)21-11-17-10-15(18-13-25-26-14-18)6-7-16(17)12-24-21/h2-7,10-14,20,28H,8-9H2,1H3,(H,25,26)(H,27,29). The number of hydrogen-bond acceptors (Lipinski definition) is 5. The Kier molecular flexibility index (Phi) is 5.72. The molecule has 0 aliphatic carbocycles. The van der Waals surface area contributed by atoms with E-state index in [9.17, 15) is 9.90 Å². The number of aromatic amines is 1. The lowest BCUT2D eigenvalue weighted by atomic mass is 10.0. The minimum absolute atomic E-state index is 0.0673. The molecule has 1 unspecified atom stereocenters. The SMILES string of the molecule is COc1ccccc1C(CCO)NC(=O)c1cc2cc(-c3cn[nH]c3)ccc2cn1. The van der Waals surface area contributed by atoms with Crippen molar-refractivity contribution >= 4 is 16.7 Å². The van der Waals surface area contributed by atoms with Gasteiger partial charge in [0, 0.05) is 35.5 Å². The molecule has 1 amide bonds. The van der Waals surface area contributed by atoms with Gasteiger partial charge < -0.3 is 15.2 Å². The molecule has 0 saturated carbocycles. The largest absolute Gasteiger partial charge is 0.496 e. The molecule has 2 aromatic heterocycles. The fourth-order valence-corrected chi connectivity index (χ4v) is 3.47. The minimum Gasteiger partial charge on any atom is -0.496 e. The average Bonchev–Trinajstić information content (AvgIpc) is 3.33. The molecule has 1 atom stereocenters. The third-order valence-corrected chi connectivity index (χ3v) is 5.02. The van der Waals surface area contributed by atoms with Gasteiger partial charge in [-0.2, -0.15) is 5.10 Å². The number of aliphatic hydroxyl groups excluding tert-OH is 1. The second kappa shape index (κ2) is 8.75. The molecule has 30 heavy (non-hydrogen) atoms. The van der Waals surface area contributed by atoms with E-state index < -0.39 is 6.04 Å². The third kappa shape index (κ3) is 4.01. The van der Waals surface area contributed by atoms with Gasteiger partial charge in [0.15, 0.2) is 0 Å². The van der Waals surface area contributed by atoms with E-state index in [4.69, 9.17) is 4.74 Å². The molecule has 2 aromatic carbocycles. The van der Waals surface area contributed by atoms with Crippen LogP contribution < -0.4 is 10.1 Å². The molecule has 152 valence electrons. The first-order valence-corrected chi connectivity index (χ1v) is 9.63. The fourth-order valence-electron chi connectivity index (χ4n) is 3.47. The Morgan fingerprint density at radius 1 is 1.13 bits per heavy atom. The predicted molar refractivity (Wildman–Crippen MR) is 114 cm³/mol. The molecule has 2 heterocycles. The number of pyridine rings is 1. The quantitative estimate of drug-likeness (QED) is 0.439. The second-order valence-corrected chi connectivity index (χ2v) is 6.90. The first-order chi connectivity index (χ1) is 14.7. The summed E-state index contributed by atoms with van der Waals surface area (Å²) >= 11 is 0. The van der Waals surface area contributed by atoms with E-state index in [1.807, 2.05) is 48.7 Å². The summed E-state index contributed by atoms with van der Waals surface area (Å²) in [6.07, 6.45) is 5.63. The number of carbonyl (C=O) groups is 1. The number of rotatable bonds is 7. The van der Waals surface area contributed by atoms with Gasteiger partial charge in [0.1, 0.15) is 11.4 Å². The number of benzene rings is 2. The predicted octanol–water partition coefficient (Wildman–Crippen LogP) is 3.49. The van der Waals surface area contributed by atoms with E-state index in [1.54, 1.807) is 25.6 Å². The normalized spacial score (nSPS) is 11.9. The molecule has 4 rings (SSSR count). The maximum absolute atomic E-state index is 12.9. The Morgan fingerprint density at radius 3 is 2.77 bits per heavy atom. The van der Waals surface area contributed by atoms with Gasteiger partial charge in [-0.05, 0) is 35.6 Å². The van der Waals surface area contributed by atoms with Crippen LogP contribution in [0.4, 0.5) is 0 Å². The van der Waals surface area contributed by atoms with Gasteiger partial charge >= 0.3 is 0 Å². The number of aliphatic hydroxyl groups is 1. The number of amides is 1. The highest BCUT2D eigenvalue weighted by molar-refractivity contribution is 5.97. The number of hydrogen-bond donors (Lipinski definition) is 3. The zero-order chi connectivity index (χ0) is 20.9. The zero-order valence-corrected chi connectivity index (χ0v) is 16.5. The molecule has 0 spiro atoms. The van der Waals surface area contributed by atoms with E-state index in [2.05, 4.69) is 20.5 Å². The van der Waals surface area contributed by atoms with Gasteiger partial charge in [0.05, 0.1) is 19.3 Å². The number of para-hydroxylation sites is 1. The Hall–Kier alpha value is -3.71. The Bertz CT molecular complexity index is 1160. The number of nitrogens with zero attached hydrogens (tertiary/aromatic N) is 2. The molecule has 0 radical (unpaired) electrons. The molecule has 0 fully saturated rings. The van der Waals surface area contributed by atoms with Crippen LogP contribution in [0, 0.1) is 0 Å². The topological polar surface area (TPSA) is 100 Å².